The molecular weight excluding hydrogens is 288 g/mol. The summed E-state index contributed by atoms with van der Waals surface area (Å²) in [6.07, 6.45) is 0. The Labute approximate surface area is 136 Å². The number of benzene rings is 3. The van der Waals surface area contributed by atoms with Crippen molar-refractivity contribution < 1.29 is 14.3 Å². The van der Waals surface area contributed by atoms with Crippen molar-refractivity contribution in [3.8, 4) is 17.2 Å². The second-order valence-corrected chi connectivity index (χ2v) is 4.63. The van der Waals surface area contributed by atoms with Gasteiger partial charge in [-0.2, -0.15) is 0 Å². The Kier molecular flexibility index (Phi) is 6.42. The molecule has 0 aromatic heterocycles. The van der Waals surface area contributed by atoms with Gasteiger partial charge in [-0.3, -0.25) is 4.79 Å². The van der Waals surface area contributed by atoms with Gasteiger partial charge in [0.15, 0.2) is 0 Å². The fourth-order valence-electron chi connectivity index (χ4n) is 1.77. The van der Waals surface area contributed by atoms with Gasteiger partial charge in [-0.15, -0.1) is 0 Å². The van der Waals surface area contributed by atoms with E-state index in [0.29, 0.717) is 5.75 Å². The van der Waals surface area contributed by atoms with Crippen LogP contribution in [-0.4, -0.2) is 5.97 Å². The smallest absolute Gasteiger partial charge is 0.308 e. The molecule has 0 atom stereocenters. The molecule has 116 valence electrons. The highest BCUT2D eigenvalue weighted by molar-refractivity contribution is 5.69. The highest BCUT2D eigenvalue weighted by Gasteiger charge is 1.93. The number of hydrogen-bond acceptors (Lipinski definition) is 3. The van der Waals surface area contributed by atoms with Crippen LogP contribution in [0.5, 0.6) is 17.2 Å². The topological polar surface area (TPSA) is 35.5 Å². The van der Waals surface area contributed by atoms with Gasteiger partial charge >= 0.3 is 5.97 Å². The highest BCUT2D eigenvalue weighted by atomic mass is 16.5. The van der Waals surface area contributed by atoms with Crippen LogP contribution in [0, 0.1) is 0 Å². The minimum atomic E-state index is -0.286. The van der Waals surface area contributed by atoms with E-state index in [9.17, 15) is 4.79 Å². The lowest BCUT2D eigenvalue weighted by Gasteiger charge is -2.03. The van der Waals surface area contributed by atoms with Gasteiger partial charge in [0.25, 0.3) is 0 Å². The van der Waals surface area contributed by atoms with Crippen molar-refractivity contribution in [3.63, 3.8) is 0 Å². The summed E-state index contributed by atoms with van der Waals surface area (Å²) in [6, 6.07) is 28.5. The molecule has 0 saturated heterocycles. The third-order valence-electron chi connectivity index (χ3n) is 2.73. The number of para-hydroxylation sites is 3. The van der Waals surface area contributed by atoms with Crippen LogP contribution in [0.15, 0.2) is 91.0 Å². The number of carbonyl (C=O) groups is 1. The first kappa shape index (κ1) is 16.3. The Morgan fingerprint density at radius 3 is 1.30 bits per heavy atom. The van der Waals surface area contributed by atoms with E-state index < -0.39 is 0 Å². The van der Waals surface area contributed by atoms with E-state index in [0.717, 1.165) is 11.5 Å². The number of carbonyl (C=O) groups excluding carboxylic acids is 1. The third-order valence-corrected chi connectivity index (χ3v) is 2.73. The zero-order valence-electron chi connectivity index (χ0n) is 12.9. The summed E-state index contributed by atoms with van der Waals surface area (Å²) < 4.78 is 10.4. The Balaban J connectivity index is 0.000000174. The van der Waals surface area contributed by atoms with Crippen molar-refractivity contribution in [1.29, 1.82) is 0 Å². The predicted molar refractivity (Wildman–Crippen MR) is 90.7 cm³/mol. The van der Waals surface area contributed by atoms with Crippen molar-refractivity contribution in [2.45, 2.75) is 6.92 Å². The van der Waals surface area contributed by atoms with Crippen LogP contribution in [0.1, 0.15) is 6.92 Å². The van der Waals surface area contributed by atoms with Gasteiger partial charge < -0.3 is 9.47 Å². The van der Waals surface area contributed by atoms with Gasteiger partial charge in [0.2, 0.25) is 0 Å². The van der Waals surface area contributed by atoms with Crippen molar-refractivity contribution in [3.05, 3.63) is 91.0 Å². The van der Waals surface area contributed by atoms with Gasteiger partial charge in [-0.25, -0.2) is 0 Å². The van der Waals surface area contributed by atoms with Crippen LogP contribution in [0.4, 0.5) is 0 Å². The van der Waals surface area contributed by atoms with Crippen LogP contribution in [0.3, 0.4) is 0 Å². The van der Waals surface area contributed by atoms with Crippen molar-refractivity contribution in [2.75, 3.05) is 0 Å². The van der Waals surface area contributed by atoms with Crippen molar-refractivity contribution in [2.24, 2.45) is 0 Å². The number of rotatable bonds is 3. The number of ether oxygens (including phenoxy) is 2. The predicted octanol–water partition coefficient (Wildman–Crippen LogP) is 5.09. The van der Waals surface area contributed by atoms with E-state index in [1.165, 1.54) is 6.92 Å². The van der Waals surface area contributed by atoms with Crippen LogP contribution < -0.4 is 9.47 Å². The van der Waals surface area contributed by atoms with Crippen LogP contribution in [-0.2, 0) is 4.79 Å². The van der Waals surface area contributed by atoms with E-state index >= 15 is 0 Å². The molecule has 3 nitrogen and oxygen atoms in total. The molecule has 0 N–H and O–H groups in total. The zero-order valence-corrected chi connectivity index (χ0v) is 12.9. The maximum Gasteiger partial charge on any atom is 0.308 e. The van der Waals surface area contributed by atoms with Gasteiger partial charge in [0.1, 0.15) is 17.2 Å². The summed E-state index contributed by atoms with van der Waals surface area (Å²) in [5, 5.41) is 0. The SMILES string of the molecule is CC(=O)Oc1ccccc1.c1ccc(Oc2ccccc2)cc1. The molecule has 0 amide bonds. The van der Waals surface area contributed by atoms with Crippen LogP contribution in [0.25, 0.3) is 0 Å². The first-order chi connectivity index (χ1) is 11.2. The van der Waals surface area contributed by atoms with Gasteiger partial charge in [-0.1, -0.05) is 54.6 Å². The summed E-state index contributed by atoms with van der Waals surface area (Å²) in [6.45, 7) is 1.38. The fraction of sp³-hybridized carbons (Fsp3) is 0.0500. The van der Waals surface area contributed by atoms with E-state index in [1.807, 2.05) is 78.9 Å². The number of hydrogen-bond donors (Lipinski definition) is 0. The summed E-state index contributed by atoms with van der Waals surface area (Å²) in [5.74, 6) is 2.05. The first-order valence-electron chi connectivity index (χ1n) is 7.25. The lowest BCUT2D eigenvalue weighted by Crippen LogP contribution is -2.00. The molecule has 23 heavy (non-hydrogen) atoms. The standard InChI is InChI=1S/C12H10O.C8H8O2/c1-3-7-11(8-4-1)13-12-9-5-2-6-10-12;1-7(9)10-8-5-3-2-4-6-8/h1-10H;2-6H,1H3. The summed E-state index contributed by atoms with van der Waals surface area (Å²) in [4.78, 5) is 10.4. The van der Waals surface area contributed by atoms with E-state index in [4.69, 9.17) is 9.47 Å². The van der Waals surface area contributed by atoms with Gasteiger partial charge in [-0.05, 0) is 36.4 Å². The molecule has 0 radical (unpaired) electrons. The molecule has 0 heterocycles. The Morgan fingerprint density at radius 2 is 0.957 bits per heavy atom. The Bertz CT molecular complexity index is 657. The molecule has 0 saturated carbocycles. The van der Waals surface area contributed by atoms with E-state index in [-0.39, 0.29) is 5.97 Å². The second kappa shape index (κ2) is 9.05. The van der Waals surface area contributed by atoms with Crippen molar-refractivity contribution in [1.82, 2.24) is 0 Å². The lowest BCUT2D eigenvalue weighted by atomic mass is 10.3. The summed E-state index contributed by atoms with van der Waals surface area (Å²) in [7, 11) is 0. The molecule has 3 aromatic rings. The second-order valence-electron chi connectivity index (χ2n) is 4.63. The van der Waals surface area contributed by atoms with Crippen LogP contribution in [0.2, 0.25) is 0 Å². The van der Waals surface area contributed by atoms with E-state index in [1.54, 1.807) is 12.1 Å². The molecule has 0 unspecified atom stereocenters. The maximum absolute atomic E-state index is 10.4. The molecule has 0 spiro atoms. The molecule has 0 aliphatic rings. The summed E-state index contributed by atoms with van der Waals surface area (Å²) >= 11 is 0. The minimum absolute atomic E-state index is 0.286. The highest BCUT2D eigenvalue weighted by Crippen LogP contribution is 2.19. The van der Waals surface area contributed by atoms with Gasteiger partial charge in [0.05, 0.1) is 0 Å². The van der Waals surface area contributed by atoms with Crippen molar-refractivity contribution >= 4 is 5.97 Å². The summed E-state index contributed by atoms with van der Waals surface area (Å²) in [5.41, 5.74) is 0. The Morgan fingerprint density at radius 1 is 0.609 bits per heavy atom. The molecule has 3 rings (SSSR count). The fourth-order valence-corrected chi connectivity index (χ4v) is 1.77. The largest absolute Gasteiger partial charge is 0.457 e. The maximum atomic E-state index is 10.4. The molecule has 0 aliphatic carbocycles. The molecule has 0 aliphatic heterocycles. The van der Waals surface area contributed by atoms with Gasteiger partial charge in [0, 0.05) is 6.92 Å². The zero-order chi connectivity index (χ0) is 16.3. The first-order valence-corrected chi connectivity index (χ1v) is 7.25. The normalized spacial score (nSPS) is 9.26. The minimum Gasteiger partial charge on any atom is -0.457 e. The molecule has 3 heteroatoms. The molecular formula is C20H18O3. The quantitative estimate of drug-likeness (QED) is 0.499. The molecule has 0 bridgehead atoms. The Hall–Kier alpha value is -3.07. The van der Waals surface area contributed by atoms with Crippen LogP contribution >= 0.6 is 0 Å². The average molecular weight is 306 g/mol. The lowest BCUT2D eigenvalue weighted by molar-refractivity contribution is -0.131. The third kappa shape index (κ3) is 6.48. The molecule has 0 fully saturated rings. The van der Waals surface area contributed by atoms with E-state index in [2.05, 4.69) is 0 Å². The average Bonchev–Trinajstić information content (AvgIpc) is 2.58. The number of esters is 1. The molecule has 3 aromatic carbocycles. The monoisotopic (exact) mass is 306 g/mol.